The Hall–Kier alpha value is -0.450. The molecule has 1 aromatic rings. The molecule has 1 N–H and O–H groups in total. The van der Waals surface area contributed by atoms with E-state index in [9.17, 15) is 4.39 Å². The van der Waals surface area contributed by atoms with Crippen LogP contribution in [-0.4, -0.2) is 17.1 Å². The summed E-state index contributed by atoms with van der Waals surface area (Å²) in [5, 5.41) is 2.31. The number of nitrogens with one attached hydrogen (secondary N) is 1. The minimum atomic E-state index is -0.194. The molecule has 0 spiro atoms. The van der Waals surface area contributed by atoms with Crippen molar-refractivity contribution in [3.8, 4) is 0 Å². The van der Waals surface area contributed by atoms with E-state index in [-0.39, 0.29) is 5.82 Å². The van der Waals surface area contributed by atoms with Crippen molar-refractivity contribution in [2.75, 3.05) is 0 Å². The van der Waals surface area contributed by atoms with Crippen molar-refractivity contribution >= 4 is 15.9 Å². The first-order valence-corrected chi connectivity index (χ1v) is 7.32. The Labute approximate surface area is 117 Å². The Morgan fingerprint density at radius 3 is 2.56 bits per heavy atom. The minimum absolute atomic E-state index is 0.194. The third-order valence-electron chi connectivity index (χ3n) is 3.58. The van der Waals surface area contributed by atoms with Gasteiger partial charge in [-0.05, 0) is 50.5 Å². The zero-order valence-electron chi connectivity index (χ0n) is 10.9. The largest absolute Gasteiger partial charge is 0.250 e. The quantitative estimate of drug-likeness (QED) is 0.911. The van der Waals surface area contributed by atoms with Crippen LogP contribution >= 0.6 is 15.9 Å². The molecule has 2 atom stereocenters. The predicted molar refractivity (Wildman–Crippen MR) is 75.6 cm³/mol. The van der Waals surface area contributed by atoms with Gasteiger partial charge in [-0.15, -0.1) is 0 Å². The summed E-state index contributed by atoms with van der Waals surface area (Å²) >= 11 is 3.32. The summed E-state index contributed by atoms with van der Waals surface area (Å²) in [6, 6.07) is 6.11. The Kier molecular flexibility index (Phi) is 4.76. The van der Waals surface area contributed by atoms with Crippen LogP contribution in [-0.2, 0) is 6.54 Å². The zero-order valence-corrected chi connectivity index (χ0v) is 12.5. The second kappa shape index (κ2) is 6.13. The lowest BCUT2D eigenvalue weighted by Gasteiger charge is -2.39. The summed E-state index contributed by atoms with van der Waals surface area (Å²) in [7, 11) is 0. The zero-order chi connectivity index (χ0) is 13.1. The number of nitrogens with zero attached hydrogens (tertiary/aromatic N) is 1. The van der Waals surface area contributed by atoms with Crippen LogP contribution < -0.4 is 5.43 Å². The van der Waals surface area contributed by atoms with Crippen LogP contribution in [0.3, 0.4) is 0 Å². The maximum atomic E-state index is 13.3. The fourth-order valence-corrected chi connectivity index (χ4v) is 3.14. The molecule has 0 aromatic heterocycles. The van der Waals surface area contributed by atoms with Crippen LogP contribution in [0.4, 0.5) is 4.39 Å². The lowest BCUT2D eigenvalue weighted by Crippen LogP contribution is -2.51. The average Bonchev–Trinajstić information content (AvgIpc) is 2.27. The SMILES string of the molecule is CC1CCCC(C)N1NCc1cc(F)cc(Br)c1. The lowest BCUT2D eigenvalue weighted by atomic mass is 10.00. The topological polar surface area (TPSA) is 15.3 Å². The second-order valence-electron chi connectivity index (χ2n) is 5.15. The highest BCUT2D eigenvalue weighted by molar-refractivity contribution is 9.10. The Balaban J connectivity index is 1.97. The van der Waals surface area contributed by atoms with Gasteiger partial charge in [-0.1, -0.05) is 22.4 Å². The predicted octanol–water partition coefficient (Wildman–Crippen LogP) is 3.86. The Bertz CT molecular complexity index is 381. The van der Waals surface area contributed by atoms with Crippen LogP contribution in [0, 0.1) is 5.82 Å². The Morgan fingerprint density at radius 2 is 1.94 bits per heavy atom. The molecule has 0 saturated carbocycles. The van der Waals surface area contributed by atoms with E-state index < -0.39 is 0 Å². The molecule has 100 valence electrons. The third kappa shape index (κ3) is 3.53. The van der Waals surface area contributed by atoms with Gasteiger partial charge in [-0.3, -0.25) is 5.43 Å². The first-order valence-electron chi connectivity index (χ1n) is 6.53. The summed E-state index contributed by atoms with van der Waals surface area (Å²) in [4.78, 5) is 0. The molecule has 2 rings (SSSR count). The molecule has 1 saturated heterocycles. The molecule has 1 heterocycles. The highest BCUT2D eigenvalue weighted by atomic mass is 79.9. The third-order valence-corrected chi connectivity index (χ3v) is 4.04. The molecule has 1 fully saturated rings. The summed E-state index contributed by atoms with van der Waals surface area (Å²) in [6.45, 7) is 5.15. The van der Waals surface area contributed by atoms with E-state index in [0.29, 0.717) is 18.6 Å². The van der Waals surface area contributed by atoms with E-state index in [0.717, 1.165) is 10.0 Å². The van der Waals surface area contributed by atoms with Crippen molar-refractivity contribution in [1.29, 1.82) is 0 Å². The van der Waals surface area contributed by atoms with Gasteiger partial charge in [0.15, 0.2) is 0 Å². The summed E-state index contributed by atoms with van der Waals surface area (Å²) in [5.74, 6) is -0.194. The van der Waals surface area contributed by atoms with E-state index in [1.807, 2.05) is 6.07 Å². The number of hydrogen-bond donors (Lipinski definition) is 1. The van der Waals surface area contributed by atoms with Gasteiger partial charge in [0.25, 0.3) is 0 Å². The number of rotatable bonds is 3. The van der Waals surface area contributed by atoms with Crippen molar-refractivity contribution in [2.45, 2.75) is 51.7 Å². The number of hydrogen-bond acceptors (Lipinski definition) is 2. The van der Waals surface area contributed by atoms with Crippen LogP contribution in [0.1, 0.15) is 38.7 Å². The van der Waals surface area contributed by atoms with Gasteiger partial charge in [0.05, 0.1) is 0 Å². The lowest BCUT2D eigenvalue weighted by molar-refractivity contribution is 0.0435. The minimum Gasteiger partial charge on any atom is -0.250 e. The second-order valence-corrected chi connectivity index (χ2v) is 6.06. The van der Waals surface area contributed by atoms with Crippen LogP contribution in [0.5, 0.6) is 0 Å². The van der Waals surface area contributed by atoms with Gasteiger partial charge in [0.2, 0.25) is 0 Å². The van der Waals surface area contributed by atoms with E-state index in [2.05, 4.69) is 40.2 Å². The van der Waals surface area contributed by atoms with Crippen LogP contribution in [0.25, 0.3) is 0 Å². The highest BCUT2D eigenvalue weighted by Gasteiger charge is 2.24. The van der Waals surface area contributed by atoms with Gasteiger partial charge < -0.3 is 0 Å². The van der Waals surface area contributed by atoms with E-state index >= 15 is 0 Å². The summed E-state index contributed by atoms with van der Waals surface area (Å²) in [5.41, 5.74) is 4.40. The molecular weight excluding hydrogens is 295 g/mol. The van der Waals surface area contributed by atoms with Crippen molar-refractivity contribution in [1.82, 2.24) is 10.4 Å². The average molecular weight is 315 g/mol. The fraction of sp³-hybridized carbons (Fsp3) is 0.571. The highest BCUT2D eigenvalue weighted by Crippen LogP contribution is 2.21. The number of halogens is 2. The monoisotopic (exact) mass is 314 g/mol. The number of hydrazine groups is 1. The van der Waals surface area contributed by atoms with Gasteiger partial charge >= 0.3 is 0 Å². The molecule has 1 aliphatic heterocycles. The van der Waals surface area contributed by atoms with E-state index in [1.165, 1.54) is 25.3 Å². The van der Waals surface area contributed by atoms with Gasteiger partial charge in [-0.2, -0.15) is 0 Å². The maximum Gasteiger partial charge on any atom is 0.124 e. The molecule has 4 heteroatoms. The van der Waals surface area contributed by atoms with Crippen molar-refractivity contribution in [2.24, 2.45) is 0 Å². The molecule has 2 unspecified atom stereocenters. The van der Waals surface area contributed by atoms with Crippen molar-refractivity contribution < 1.29 is 4.39 Å². The molecule has 1 aromatic carbocycles. The molecule has 0 amide bonds. The van der Waals surface area contributed by atoms with Gasteiger partial charge in [0, 0.05) is 23.1 Å². The fourth-order valence-electron chi connectivity index (χ4n) is 2.63. The smallest absolute Gasteiger partial charge is 0.124 e. The summed E-state index contributed by atoms with van der Waals surface area (Å²) < 4.78 is 14.1. The molecule has 18 heavy (non-hydrogen) atoms. The molecule has 2 nitrogen and oxygen atoms in total. The maximum absolute atomic E-state index is 13.3. The summed E-state index contributed by atoms with van der Waals surface area (Å²) in [6.07, 6.45) is 3.75. The van der Waals surface area contributed by atoms with Crippen LogP contribution in [0.2, 0.25) is 0 Å². The normalized spacial score (nSPS) is 25.3. The van der Waals surface area contributed by atoms with E-state index in [4.69, 9.17) is 0 Å². The molecule has 1 aliphatic rings. The molecule has 0 aliphatic carbocycles. The van der Waals surface area contributed by atoms with Gasteiger partial charge in [0.1, 0.15) is 5.82 Å². The first kappa shape index (κ1) is 14.0. The first-order chi connectivity index (χ1) is 8.56. The van der Waals surface area contributed by atoms with Crippen molar-refractivity contribution in [3.05, 3.63) is 34.1 Å². The van der Waals surface area contributed by atoms with Crippen LogP contribution in [0.15, 0.2) is 22.7 Å². The standard InChI is InChI=1S/C14H20BrFN2/c1-10-4-3-5-11(2)18(10)17-9-12-6-13(15)8-14(16)7-12/h6-8,10-11,17H,3-5,9H2,1-2H3. The molecule has 0 bridgehead atoms. The van der Waals surface area contributed by atoms with Gasteiger partial charge in [-0.25, -0.2) is 9.40 Å². The molecular formula is C14H20BrFN2. The van der Waals surface area contributed by atoms with Crippen molar-refractivity contribution in [3.63, 3.8) is 0 Å². The number of benzene rings is 1. The Morgan fingerprint density at radius 1 is 1.28 bits per heavy atom. The van der Waals surface area contributed by atoms with E-state index in [1.54, 1.807) is 6.07 Å². The molecule has 0 radical (unpaired) electrons. The number of piperidine rings is 1.